The smallest absolute Gasteiger partial charge is 0.338 e. The van der Waals surface area contributed by atoms with Gasteiger partial charge in [-0.05, 0) is 42.2 Å². The molecule has 7 nitrogen and oxygen atoms in total. The van der Waals surface area contributed by atoms with Crippen molar-refractivity contribution in [2.24, 2.45) is 0 Å². The van der Waals surface area contributed by atoms with Crippen molar-refractivity contribution in [1.82, 2.24) is 10.2 Å². The first-order valence-electron chi connectivity index (χ1n) is 10.0. The van der Waals surface area contributed by atoms with Crippen molar-refractivity contribution in [3.05, 3.63) is 76.2 Å². The zero-order chi connectivity index (χ0) is 22.1. The van der Waals surface area contributed by atoms with E-state index in [9.17, 15) is 18.8 Å². The van der Waals surface area contributed by atoms with Gasteiger partial charge in [0.15, 0.2) is 0 Å². The number of aryl methyl sites for hydroxylation is 2. The Balaban J connectivity index is 1.59. The fourth-order valence-electron chi connectivity index (χ4n) is 3.74. The van der Waals surface area contributed by atoms with Crippen LogP contribution in [0.2, 0.25) is 0 Å². The maximum atomic E-state index is 13.5. The van der Waals surface area contributed by atoms with Crippen molar-refractivity contribution < 1.29 is 23.5 Å². The molecule has 2 aromatic carbocycles. The van der Waals surface area contributed by atoms with Gasteiger partial charge in [0.1, 0.15) is 19.0 Å². The zero-order valence-electron chi connectivity index (χ0n) is 17.2. The third kappa shape index (κ3) is 4.01. The van der Waals surface area contributed by atoms with Crippen molar-refractivity contribution in [1.29, 1.82) is 0 Å². The van der Waals surface area contributed by atoms with E-state index in [0.717, 1.165) is 17.5 Å². The van der Waals surface area contributed by atoms with Crippen LogP contribution in [0.25, 0.3) is 0 Å². The van der Waals surface area contributed by atoms with Crippen molar-refractivity contribution in [3.63, 3.8) is 0 Å². The number of benzene rings is 2. The fraction of sp³-hybridized carbons (Fsp3) is 0.261. The van der Waals surface area contributed by atoms with Crippen LogP contribution in [0.1, 0.15) is 29.7 Å². The molecule has 0 saturated heterocycles. The van der Waals surface area contributed by atoms with Crippen LogP contribution in [-0.2, 0) is 20.7 Å². The van der Waals surface area contributed by atoms with E-state index in [1.807, 2.05) is 31.2 Å². The van der Waals surface area contributed by atoms with E-state index in [1.54, 1.807) is 13.0 Å². The van der Waals surface area contributed by atoms with Gasteiger partial charge in [-0.3, -0.25) is 9.69 Å². The minimum absolute atomic E-state index is 0.0859. The number of rotatable bonds is 5. The summed E-state index contributed by atoms with van der Waals surface area (Å²) in [6.07, 6.45) is 0.876. The van der Waals surface area contributed by atoms with Gasteiger partial charge in [0.2, 0.25) is 5.91 Å². The highest BCUT2D eigenvalue weighted by atomic mass is 19.1. The van der Waals surface area contributed by atoms with Gasteiger partial charge in [-0.15, -0.1) is 0 Å². The first kappa shape index (κ1) is 20.6. The predicted octanol–water partition coefficient (Wildman–Crippen LogP) is 3.21. The van der Waals surface area contributed by atoms with Gasteiger partial charge in [0, 0.05) is 5.69 Å². The lowest BCUT2D eigenvalue weighted by atomic mass is 9.94. The number of halogens is 1. The lowest BCUT2D eigenvalue weighted by Crippen LogP contribution is -2.49. The van der Waals surface area contributed by atoms with Crippen LogP contribution < -0.4 is 10.6 Å². The van der Waals surface area contributed by atoms with E-state index < -0.39 is 29.8 Å². The van der Waals surface area contributed by atoms with Crippen LogP contribution in [0.15, 0.2) is 53.7 Å². The van der Waals surface area contributed by atoms with Crippen molar-refractivity contribution >= 4 is 23.6 Å². The Morgan fingerprint density at radius 2 is 1.97 bits per heavy atom. The third-order valence-corrected chi connectivity index (χ3v) is 5.49. The topological polar surface area (TPSA) is 87.7 Å². The summed E-state index contributed by atoms with van der Waals surface area (Å²) in [6.45, 7) is 3.36. The Morgan fingerprint density at radius 3 is 2.68 bits per heavy atom. The Labute approximate surface area is 178 Å². The molecular weight excluding hydrogens is 401 g/mol. The molecule has 2 heterocycles. The number of hydrogen-bond acceptors (Lipinski definition) is 4. The van der Waals surface area contributed by atoms with Gasteiger partial charge < -0.3 is 15.4 Å². The minimum atomic E-state index is -0.645. The number of anilines is 1. The lowest BCUT2D eigenvalue weighted by Gasteiger charge is -2.32. The van der Waals surface area contributed by atoms with Gasteiger partial charge in [-0.1, -0.05) is 37.3 Å². The van der Waals surface area contributed by atoms with E-state index >= 15 is 0 Å². The molecule has 2 aromatic rings. The van der Waals surface area contributed by atoms with Crippen LogP contribution in [0, 0.1) is 12.7 Å². The summed E-state index contributed by atoms with van der Waals surface area (Å²) in [6, 6.07) is 10.6. The van der Waals surface area contributed by atoms with E-state index in [2.05, 4.69) is 10.6 Å². The molecule has 0 spiro atoms. The molecule has 1 atom stereocenters. The number of esters is 1. The number of urea groups is 1. The lowest BCUT2D eigenvalue weighted by molar-refractivity contribution is -0.136. The normalized spacial score (nSPS) is 17.9. The summed E-state index contributed by atoms with van der Waals surface area (Å²) in [5.74, 6) is -1.51. The number of hydrogen-bond donors (Lipinski definition) is 2. The second kappa shape index (κ2) is 8.22. The van der Waals surface area contributed by atoms with Crippen LogP contribution in [-0.4, -0.2) is 36.0 Å². The minimum Gasteiger partial charge on any atom is -0.456 e. The van der Waals surface area contributed by atoms with Gasteiger partial charge in [0.25, 0.3) is 0 Å². The first-order valence-corrected chi connectivity index (χ1v) is 10.0. The number of cyclic esters (lactones) is 1. The maximum Gasteiger partial charge on any atom is 0.338 e. The summed E-state index contributed by atoms with van der Waals surface area (Å²) in [5.41, 5.74) is 3.59. The molecule has 0 aromatic heterocycles. The van der Waals surface area contributed by atoms with E-state index in [1.165, 1.54) is 17.0 Å². The molecule has 2 N–H and O–H groups in total. The maximum absolute atomic E-state index is 13.5. The van der Waals surface area contributed by atoms with Gasteiger partial charge in [-0.25, -0.2) is 14.0 Å². The zero-order valence-corrected chi connectivity index (χ0v) is 17.2. The molecule has 2 aliphatic heterocycles. The van der Waals surface area contributed by atoms with Crippen molar-refractivity contribution in [2.75, 3.05) is 18.5 Å². The standard InChI is InChI=1S/C23H22FN3O4/c1-3-14-5-7-15(8-6-14)21-20-18(12-31-22(20)29)27(23(30)26-21)11-19(28)25-17-10-16(24)9-4-13(17)2/h4-10,21H,3,11-12H2,1-2H3,(H,25,28)(H,26,30)/t21-/m0/s1. The molecule has 0 bridgehead atoms. The quantitative estimate of drug-likeness (QED) is 0.723. The molecule has 8 heteroatoms. The second-order valence-corrected chi connectivity index (χ2v) is 7.51. The van der Waals surface area contributed by atoms with Crippen molar-refractivity contribution in [3.8, 4) is 0 Å². The Bertz CT molecular complexity index is 1090. The van der Waals surface area contributed by atoms with Gasteiger partial charge in [0.05, 0.1) is 17.3 Å². The number of ether oxygens (including phenoxy) is 1. The van der Waals surface area contributed by atoms with E-state index in [-0.39, 0.29) is 13.2 Å². The van der Waals surface area contributed by atoms with Gasteiger partial charge >= 0.3 is 12.0 Å². The van der Waals surface area contributed by atoms with Crippen LogP contribution in [0.4, 0.5) is 14.9 Å². The Kier molecular flexibility index (Phi) is 5.46. The van der Waals surface area contributed by atoms with E-state index in [4.69, 9.17) is 4.74 Å². The molecule has 0 saturated carbocycles. The molecule has 4 rings (SSSR count). The highest BCUT2D eigenvalue weighted by Crippen LogP contribution is 2.35. The van der Waals surface area contributed by atoms with E-state index in [0.29, 0.717) is 22.5 Å². The molecule has 0 aliphatic carbocycles. The number of carbonyl (C=O) groups is 3. The molecule has 160 valence electrons. The Morgan fingerprint density at radius 1 is 1.23 bits per heavy atom. The largest absolute Gasteiger partial charge is 0.456 e. The summed E-state index contributed by atoms with van der Waals surface area (Å²) in [5, 5.41) is 5.42. The predicted molar refractivity (Wildman–Crippen MR) is 112 cm³/mol. The number of nitrogens with one attached hydrogen (secondary N) is 2. The summed E-state index contributed by atoms with van der Waals surface area (Å²) < 4.78 is 18.7. The Hall–Kier alpha value is -3.68. The molecule has 3 amide bonds. The first-order chi connectivity index (χ1) is 14.9. The van der Waals surface area contributed by atoms with Gasteiger partial charge in [-0.2, -0.15) is 0 Å². The molecular formula is C23H22FN3O4. The third-order valence-electron chi connectivity index (χ3n) is 5.49. The number of nitrogens with zero attached hydrogens (tertiary/aromatic N) is 1. The van der Waals surface area contributed by atoms with Crippen LogP contribution in [0.5, 0.6) is 0 Å². The monoisotopic (exact) mass is 423 g/mol. The highest BCUT2D eigenvalue weighted by molar-refractivity contribution is 6.00. The second-order valence-electron chi connectivity index (χ2n) is 7.51. The molecule has 0 fully saturated rings. The molecule has 31 heavy (non-hydrogen) atoms. The summed E-state index contributed by atoms with van der Waals surface area (Å²) in [4.78, 5) is 39.0. The average molecular weight is 423 g/mol. The van der Waals surface area contributed by atoms with Crippen LogP contribution >= 0.6 is 0 Å². The SMILES string of the molecule is CCc1ccc([C@@H]2NC(=O)N(CC(=O)Nc3cc(F)ccc3C)C3=C2C(=O)OC3)cc1. The number of carbonyl (C=O) groups excluding carboxylic acids is 3. The van der Waals surface area contributed by atoms with Crippen LogP contribution in [0.3, 0.4) is 0 Å². The average Bonchev–Trinajstić information content (AvgIpc) is 3.14. The summed E-state index contributed by atoms with van der Waals surface area (Å²) >= 11 is 0. The molecule has 0 radical (unpaired) electrons. The number of amides is 3. The fourth-order valence-corrected chi connectivity index (χ4v) is 3.74. The molecule has 0 unspecified atom stereocenters. The summed E-state index contributed by atoms with van der Waals surface area (Å²) in [7, 11) is 0. The van der Waals surface area contributed by atoms with Crippen molar-refractivity contribution in [2.45, 2.75) is 26.3 Å². The molecule has 2 aliphatic rings. The highest BCUT2D eigenvalue weighted by Gasteiger charge is 2.42.